The minimum Gasteiger partial charge on any atom is -0.462 e. The lowest BCUT2D eigenvalue weighted by atomic mass is 9.63. The van der Waals surface area contributed by atoms with Crippen molar-refractivity contribution in [3.63, 3.8) is 0 Å². The van der Waals surface area contributed by atoms with Crippen molar-refractivity contribution in [2.45, 2.75) is 13.3 Å². The zero-order valence-corrected chi connectivity index (χ0v) is 15.0. The Balaban J connectivity index is 1.52. The van der Waals surface area contributed by atoms with Gasteiger partial charge in [-0.1, -0.05) is 23.8 Å². The topological polar surface area (TPSA) is 63.7 Å². The quantitative estimate of drug-likeness (QED) is 0.465. The number of hydrogen-bond donors (Lipinski definition) is 0. The molecule has 0 spiro atoms. The molecule has 5 aliphatic rings. The molecule has 1 saturated heterocycles. The van der Waals surface area contributed by atoms with E-state index in [1.165, 1.54) is 17.0 Å². The van der Waals surface area contributed by atoms with Crippen LogP contribution in [0.15, 0.2) is 30.4 Å². The van der Waals surface area contributed by atoms with Crippen molar-refractivity contribution in [2.24, 2.45) is 35.5 Å². The molecule has 6 atom stereocenters. The molecule has 0 radical (unpaired) electrons. The molecule has 2 amide bonds. The molecule has 1 aliphatic heterocycles. The maximum Gasteiger partial charge on any atom is 0.339 e. The lowest BCUT2D eigenvalue weighted by molar-refractivity contribution is -0.124. The molecule has 0 unspecified atom stereocenters. The zero-order valence-electron chi connectivity index (χ0n) is 14.2. The van der Waals surface area contributed by atoms with Crippen molar-refractivity contribution in [3.8, 4) is 0 Å². The van der Waals surface area contributed by atoms with Gasteiger partial charge in [0.05, 0.1) is 34.7 Å². The van der Waals surface area contributed by atoms with Crippen LogP contribution in [0.5, 0.6) is 0 Å². The van der Waals surface area contributed by atoms with Crippen LogP contribution in [0.25, 0.3) is 0 Å². The molecule has 1 aromatic carbocycles. The van der Waals surface area contributed by atoms with E-state index in [0.717, 1.165) is 6.42 Å². The average molecular weight is 372 g/mol. The number of hydrogen-bond acceptors (Lipinski definition) is 4. The second-order valence-corrected chi connectivity index (χ2v) is 7.96. The van der Waals surface area contributed by atoms with Gasteiger partial charge < -0.3 is 4.74 Å². The van der Waals surface area contributed by atoms with Gasteiger partial charge in [0.15, 0.2) is 0 Å². The Morgan fingerprint density at radius 1 is 1.15 bits per heavy atom. The number of esters is 1. The molecule has 0 N–H and O–H groups in total. The summed E-state index contributed by atoms with van der Waals surface area (Å²) in [5.74, 6) is 0.0847. The van der Waals surface area contributed by atoms with Gasteiger partial charge in [0, 0.05) is 0 Å². The highest BCUT2D eigenvalue weighted by molar-refractivity contribution is 6.34. The van der Waals surface area contributed by atoms with E-state index in [1.807, 2.05) is 0 Å². The summed E-state index contributed by atoms with van der Waals surface area (Å²) in [6.45, 7) is 1.94. The Labute approximate surface area is 155 Å². The maximum absolute atomic E-state index is 13.1. The Morgan fingerprint density at radius 3 is 2.35 bits per heavy atom. The second kappa shape index (κ2) is 5.43. The first-order valence-electron chi connectivity index (χ1n) is 9.05. The fourth-order valence-corrected chi connectivity index (χ4v) is 5.42. The van der Waals surface area contributed by atoms with Gasteiger partial charge in [0.2, 0.25) is 11.8 Å². The second-order valence-electron chi connectivity index (χ2n) is 7.55. The number of allylic oxidation sites excluding steroid dienone is 2. The Hall–Kier alpha value is -2.14. The molecule has 2 bridgehead atoms. The molecular weight excluding hydrogens is 354 g/mol. The standard InChI is InChI=1S/C20H18ClNO4/c1-2-26-20(25)14-7-9(3-6-15(14)21)22-18(23)16-10-4-5-11(13-8-12(10)13)17(16)19(22)24/h3-7,10-13,16-17H,2,8H2,1H3/t10-,11-,12-,13+,16-,17+/m0/s1. The highest BCUT2D eigenvalue weighted by atomic mass is 35.5. The van der Waals surface area contributed by atoms with Gasteiger partial charge in [-0.25, -0.2) is 9.69 Å². The van der Waals surface area contributed by atoms with E-state index < -0.39 is 5.97 Å². The summed E-state index contributed by atoms with van der Waals surface area (Å²) in [6.07, 6.45) is 5.41. The van der Waals surface area contributed by atoms with Crippen LogP contribution in [0.4, 0.5) is 5.69 Å². The van der Waals surface area contributed by atoms with Crippen LogP contribution >= 0.6 is 11.6 Å². The highest BCUT2D eigenvalue weighted by Crippen LogP contribution is 2.65. The molecule has 3 fully saturated rings. The molecular formula is C20H18ClNO4. The van der Waals surface area contributed by atoms with Gasteiger partial charge in [0.1, 0.15) is 0 Å². The van der Waals surface area contributed by atoms with E-state index in [0.29, 0.717) is 17.5 Å². The number of halogens is 1. The van der Waals surface area contributed by atoms with E-state index in [4.69, 9.17) is 16.3 Å². The van der Waals surface area contributed by atoms with Crippen LogP contribution in [0, 0.1) is 35.5 Å². The fourth-order valence-electron chi connectivity index (χ4n) is 5.23. The van der Waals surface area contributed by atoms with Crippen molar-refractivity contribution in [1.82, 2.24) is 0 Å². The van der Waals surface area contributed by atoms with Gasteiger partial charge in [0.25, 0.3) is 0 Å². The fraction of sp³-hybridized carbons (Fsp3) is 0.450. The molecule has 26 heavy (non-hydrogen) atoms. The van der Waals surface area contributed by atoms with Gasteiger partial charge in [-0.3, -0.25) is 9.59 Å². The van der Waals surface area contributed by atoms with Crippen molar-refractivity contribution < 1.29 is 19.1 Å². The minimum absolute atomic E-state index is 0.151. The number of ether oxygens (including phenoxy) is 1. The lowest BCUT2D eigenvalue weighted by Crippen LogP contribution is -2.40. The predicted molar refractivity (Wildman–Crippen MR) is 94.6 cm³/mol. The van der Waals surface area contributed by atoms with Crippen molar-refractivity contribution in [2.75, 3.05) is 11.5 Å². The molecule has 1 heterocycles. The van der Waals surface area contributed by atoms with Crippen molar-refractivity contribution in [3.05, 3.63) is 40.9 Å². The number of imide groups is 1. The third-order valence-electron chi connectivity index (χ3n) is 6.37. The molecule has 6 rings (SSSR count). The van der Waals surface area contributed by atoms with Crippen LogP contribution < -0.4 is 4.90 Å². The van der Waals surface area contributed by atoms with E-state index in [9.17, 15) is 14.4 Å². The Bertz CT molecular complexity index is 843. The van der Waals surface area contributed by atoms with Gasteiger partial charge in [-0.2, -0.15) is 0 Å². The summed E-state index contributed by atoms with van der Waals surface area (Å²) in [5.41, 5.74) is 0.570. The van der Waals surface area contributed by atoms with E-state index in [2.05, 4.69) is 12.2 Å². The number of amides is 2. The first-order valence-corrected chi connectivity index (χ1v) is 9.43. The number of nitrogens with zero attached hydrogens (tertiary/aromatic N) is 1. The number of anilines is 1. The normalized spacial score (nSPS) is 36.2. The summed E-state index contributed by atoms with van der Waals surface area (Å²) in [7, 11) is 0. The van der Waals surface area contributed by atoms with E-state index in [1.54, 1.807) is 13.0 Å². The summed E-state index contributed by atoms with van der Waals surface area (Å²) in [5, 5.41) is 0.242. The zero-order chi connectivity index (χ0) is 18.2. The Morgan fingerprint density at radius 2 is 1.77 bits per heavy atom. The van der Waals surface area contributed by atoms with Crippen LogP contribution in [0.2, 0.25) is 5.02 Å². The summed E-state index contributed by atoms with van der Waals surface area (Å²) < 4.78 is 5.02. The third-order valence-corrected chi connectivity index (χ3v) is 6.70. The summed E-state index contributed by atoms with van der Waals surface area (Å²) >= 11 is 6.11. The van der Waals surface area contributed by atoms with Gasteiger partial charge in [-0.15, -0.1) is 0 Å². The molecule has 6 heteroatoms. The van der Waals surface area contributed by atoms with E-state index in [-0.39, 0.29) is 52.7 Å². The smallest absolute Gasteiger partial charge is 0.339 e. The average Bonchev–Trinajstić information content (AvgIpc) is 3.40. The highest BCUT2D eigenvalue weighted by Gasteiger charge is 2.67. The van der Waals surface area contributed by atoms with Gasteiger partial charge >= 0.3 is 5.97 Å². The first kappa shape index (κ1) is 16.1. The number of carbonyl (C=O) groups is 3. The molecule has 4 aliphatic carbocycles. The first-order chi connectivity index (χ1) is 12.5. The molecule has 2 saturated carbocycles. The predicted octanol–water partition coefficient (Wildman–Crippen LogP) is 3.07. The minimum atomic E-state index is -0.557. The summed E-state index contributed by atoms with van der Waals surface area (Å²) in [6, 6.07) is 4.65. The number of benzene rings is 1. The SMILES string of the molecule is CCOC(=O)c1cc(N2C(=O)[C@@H]3[C@H]4C=C[C@@H]([C@@H]5C[C@H]45)[C@@H]3C2=O)ccc1Cl. The molecule has 5 nitrogen and oxygen atoms in total. The summed E-state index contributed by atoms with van der Waals surface area (Å²) in [4.78, 5) is 39.6. The van der Waals surface area contributed by atoms with Crippen LogP contribution in [0.3, 0.4) is 0 Å². The largest absolute Gasteiger partial charge is 0.462 e. The van der Waals surface area contributed by atoms with Crippen molar-refractivity contribution >= 4 is 35.1 Å². The molecule has 134 valence electrons. The van der Waals surface area contributed by atoms with Crippen LogP contribution in [0.1, 0.15) is 23.7 Å². The van der Waals surface area contributed by atoms with E-state index >= 15 is 0 Å². The maximum atomic E-state index is 13.1. The van der Waals surface area contributed by atoms with Crippen LogP contribution in [-0.4, -0.2) is 24.4 Å². The lowest BCUT2D eigenvalue weighted by Gasteiger charge is -2.37. The van der Waals surface area contributed by atoms with Gasteiger partial charge in [-0.05, 0) is 55.2 Å². The Kier molecular flexibility index (Phi) is 3.35. The van der Waals surface area contributed by atoms with Crippen LogP contribution in [-0.2, 0) is 14.3 Å². The number of rotatable bonds is 3. The third kappa shape index (κ3) is 2.01. The monoisotopic (exact) mass is 371 g/mol. The molecule has 1 aromatic rings. The van der Waals surface area contributed by atoms with Crippen molar-refractivity contribution in [1.29, 1.82) is 0 Å². The number of carbonyl (C=O) groups excluding carboxylic acids is 3. The molecule has 0 aromatic heterocycles.